The number of ether oxygens (including phenoxy) is 2. The molecule has 1 atom stereocenters. The van der Waals surface area contributed by atoms with E-state index in [-0.39, 0.29) is 0 Å². The fourth-order valence-electron chi connectivity index (χ4n) is 4.39. The summed E-state index contributed by atoms with van der Waals surface area (Å²) < 4.78 is 11.6. The summed E-state index contributed by atoms with van der Waals surface area (Å²) in [5.41, 5.74) is 2.56. The highest BCUT2D eigenvalue weighted by Crippen LogP contribution is 2.25. The first kappa shape index (κ1) is 23.8. The number of hydrogen-bond donors (Lipinski definition) is 1. The molecule has 1 aliphatic heterocycles. The zero-order valence-corrected chi connectivity index (χ0v) is 20.0. The summed E-state index contributed by atoms with van der Waals surface area (Å²) in [6, 6.07) is 26.8. The van der Waals surface area contributed by atoms with Crippen LogP contribution >= 0.6 is 11.6 Å². The Hall–Kier alpha value is -2.37. The molecule has 3 aromatic carbocycles. The van der Waals surface area contributed by atoms with Crippen LogP contribution in [0, 0.1) is 0 Å². The molecule has 0 bridgehead atoms. The van der Waals surface area contributed by atoms with Crippen molar-refractivity contribution in [2.24, 2.45) is 0 Å². The monoisotopic (exact) mass is 464 g/mol. The third-order valence-electron chi connectivity index (χ3n) is 6.20. The molecule has 0 spiro atoms. The summed E-state index contributed by atoms with van der Waals surface area (Å²) in [5, 5.41) is 4.48. The molecule has 1 fully saturated rings. The molecule has 1 N–H and O–H groups in total. The van der Waals surface area contributed by atoms with E-state index in [0.29, 0.717) is 17.2 Å². The molecule has 174 valence electrons. The zero-order valence-electron chi connectivity index (χ0n) is 19.3. The van der Waals surface area contributed by atoms with Crippen molar-refractivity contribution in [1.29, 1.82) is 0 Å². The zero-order chi connectivity index (χ0) is 22.9. The topological polar surface area (TPSA) is 33.7 Å². The van der Waals surface area contributed by atoms with Gasteiger partial charge in [-0.2, -0.15) is 0 Å². The Morgan fingerprint density at radius 1 is 0.909 bits per heavy atom. The van der Waals surface area contributed by atoms with Crippen molar-refractivity contribution in [3.63, 3.8) is 0 Å². The van der Waals surface area contributed by atoms with E-state index >= 15 is 0 Å². The second kappa shape index (κ2) is 12.2. The molecule has 3 aromatic rings. The van der Waals surface area contributed by atoms with Gasteiger partial charge in [-0.1, -0.05) is 60.1 Å². The predicted molar refractivity (Wildman–Crippen MR) is 135 cm³/mol. The second-order valence-corrected chi connectivity index (χ2v) is 9.15. The van der Waals surface area contributed by atoms with Crippen LogP contribution in [0.3, 0.4) is 0 Å². The molecule has 33 heavy (non-hydrogen) atoms. The van der Waals surface area contributed by atoms with Gasteiger partial charge in [-0.15, -0.1) is 0 Å². The molecule has 0 aliphatic carbocycles. The maximum absolute atomic E-state index is 6.09. The van der Waals surface area contributed by atoms with Gasteiger partial charge in [-0.25, -0.2) is 0 Å². The van der Waals surface area contributed by atoms with E-state index < -0.39 is 0 Å². The van der Waals surface area contributed by atoms with Crippen LogP contribution < -0.4 is 10.1 Å². The fourth-order valence-corrected chi connectivity index (χ4v) is 4.57. The van der Waals surface area contributed by atoms with Crippen LogP contribution in [-0.2, 0) is 17.7 Å². The number of methoxy groups -OCH3 is 1. The first-order chi connectivity index (χ1) is 16.2. The summed E-state index contributed by atoms with van der Waals surface area (Å²) in [6.45, 7) is 4.01. The average molecular weight is 465 g/mol. The molecular formula is C28H33ClN2O2. The van der Waals surface area contributed by atoms with Gasteiger partial charge in [0, 0.05) is 44.4 Å². The highest BCUT2D eigenvalue weighted by atomic mass is 35.5. The Bertz CT molecular complexity index is 990. The van der Waals surface area contributed by atoms with Gasteiger partial charge in [-0.05, 0) is 60.7 Å². The standard InChI is InChI=1S/C28H33ClN2O2/c1-32-26-13-15-31(16-14-26)21-25(17-22-7-3-2-4-8-22)30-20-23-9-5-11-27(18-23)33-28-12-6-10-24(29)19-28/h2-12,18-19,25-26,30H,13-17,20-21H2,1H3/t25-/m0/s1. The van der Waals surface area contributed by atoms with Crippen LogP contribution in [0.1, 0.15) is 24.0 Å². The summed E-state index contributed by atoms with van der Waals surface area (Å²) >= 11 is 6.09. The van der Waals surface area contributed by atoms with Gasteiger partial charge < -0.3 is 19.7 Å². The number of halogens is 1. The quantitative estimate of drug-likeness (QED) is 0.402. The van der Waals surface area contributed by atoms with E-state index in [1.54, 1.807) is 0 Å². The van der Waals surface area contributed by atoms with E-state index in [1.807, 2.05) is 43.5 Å². The fraction of sp³-hybridized carbons (Fsp3) is 0.357. The van der Waals surface area contributed by atoms with Gasteiger partial charge in [-0.3, -0.25) is 0 Å². The number of rotatable bonds is 10. The highest BCUT2D eigenvalue weighted by molar-refractivity contribution is 6.30. The van der Waals surface area contributed by atoms with Crippen molar-refractivity contribution in [2.45, 2.75) is 38.0 Å². The van der Waals surface area contributed by atoms with Crippen LogP contribution in [-0.4, -0.2) is 43.8 Å². The van der Waals surface area contributed by atoms with Crippen LogP contribution in [0.2, 0.25) is 5.02 Å². The third kappa shape index (κ3) is 7.58. The van der Waals surface area contributed by atoms with Crippen molar-refractivity contribution < 1.29 is 9.47 Å². The lowest BCUT2D eigenvalue weighted by Gasteiger charge is -2.34. The third-order valence-corrected chi connectivity index (χ3v) is 6.43. The summed E-state index contributed by atoms with van der Waals surface area (Å²) in [7, 11) is 1.82. The van der Waals surface area contributed by atoms with E-state index in [4.69, 9.17) is 21.1 Å². The maximum atomic E-state index is 6.09. The number of hydrogen-bond acceptors (Lipinski definition) is 4. The average Bonchev–Trinajstić information content (AvgIpc) is 2.84. The molecule has 0 aromatic heterocycles. The molecule has 1 heterocycles. The molecule has 1 saturated heterocycles. The Kier molecular flexibility index (Phi) is 8.79. The highest BCUT2D eigenvalue weighted by Gasteiger charge is 2.21. The van der Waals surface area contributed by atoms with Gasteiger partial charge in [0.15, 0.2) is 0 Å². The Labute approximate surface area is 202 Å². The molecule has 4 rings (SSSR count). The predicted octanol–water partition coefficient (Wildman–Crippen LogP) is 5.94. The Morgan fingerprint density at radius 3 is 2.33 bits per heavy atom. The van der Waals surface area contributed by atoms with Crippen molar-refractivity contribution in [1.82, 2.24) is 10.2 Å². The van der Waals surface area contributed by atoms with Gasteiger partial charge in [0.2, 0.25) is 0 Å². The summed E-state index contributed by atoms with van der Waals surface area (Å²) in [6.07, 6.45) is 3.63. The lowest BCUT2D eigenvalue weighted by molar-refractivity contribution is 0.0383. The number of nitrogens with zero attached hydrogens (tertiary/aromatic N) is 1. The first-order valence-electron chi connectivity index (χ1n) is 11.7. The van der Waals surface area contributed by atoms with Crippen LogP contribution in [0.15, 0.2) is 78.9 Å². The minimum atomic E-state index is 0.365. The van der Waals surface area contributed by atoms with E-state index in [9.17, 15) is 0 Å². The maximum Gasteiger partial charge on any atom is 0.128 e. The number of nitrogens with one attached hydrogen (secondary N) is 1. The molecular weight excluding hydrogens is 432 g/mol. The number of likely N-dealkylation sites (tertiary alicyclic amines) is 1. The van der Waals surface area contributed by atoms with Crippen molar-refractivity contribution in [2.75, 3.05) is 26.7 Å². The number of piperidine rings is 1. The summed E-state index contributed by atoms with van der Waals surface area (Å²) in [5.74, 6) is 1.56. The van der Waals surface area contributed by atoms with Gasteiger partial charge in [0.1, 0.15) is 11.5 Å². The van der Waals surface area contributed by atoms with Crippen molar-refractivity contribution in [3.05, 3.63) is 95.0 Å². The Morgan fingerprint density at radius 2 is 1.61 bits per heavy atom. The SMILES string of the molecule is COC1CCN(C[C@H](Cc2ccccc2)NCc2cccc(Oc3cccc(Cl)c3)c2)CC1. The van der Waals surface area contributed by atoms with Gasteiger partial charge in [0.25, 0.3) is 0 Å². The lowest BCUT2D eigenvalue weighted by atomic mass is 10.0. The van der Waals surface area contributed by atoms with Crippen LogP contribution in [0.4, 0.5) is 0 Å². The van der Waals surface area contributed by atoms with E-state index in [2.05, 4.69) is 52.7 Å². The Balaban J connectivity index is 1.38. The van der Waals surface area contributed by atoms with Crippen molar-refractivity contribution >= 4 is 11.6 Å². The molecule has 4 nitrogen and oxygen atoms in total. The lowest BCUT2D eigenvalue weighted by Crippen LogP contribution is -2.46. The first-order valence-corrected chi connectivity index (χ1v) is 12.1. The molecule has 5 heteroatoms. The number of benzene rings is 3. The smallest absolute Gasteiger partial charge is 0.128 e. The molecule has 0 unspecified atom stereocenters. The normalized spacial score (nSPS) is 15.9. The van der Waals surface area contributed by atoms with Crippen LogP contribution in [0.25, 0.3) is 0 Å². The molecule has 0 saturated carbocycles. The van der Waals surface area contributed by atoms with Gasteiger partial charge in [0.05, 0.1) is 6.10 Å². The second-order valence-electron chi connectivity index (χ2n) is 8.71. The minimum absolute atomic E-state index is 0.365. The molecule has 1 aliphatic rings. The van der Waals surface area contributed by atoms with Crippen LogP contribution in [0.5, 0.6) is 11.5 Å². The van der Waals surface area contributed by atoms with Crippen molar-refractivity contribution in [3.8, 4) is 11.5 Å². The minimum Gasteiger partial charge on any atom is -0.457 e. The van der Waals surface area contributed by atoms with E-state index in [0.717, 1.165) is 56.9 Å². The van der Waals surface area contributed by atoms with E-state index in [1.165, 1.54) is 11.1 Å². The summed E-state index contributed by atoms with van der Waals surface area (Å²) in [4.78, 5) is 2.56. The largest absolute Gasteiger partial charge is 0.457 e. The van der Waals surface area contributed by atoms with Gasteiger partial charge >= 0.3 is 0 Å². The molecule has 0 amide bonds. The molecule has 0 radical (unpaired) electrons.